The molecule has 2 nitrogen and oxygen atoms in total. The molecule has 0 amide bonds. The Balaban J connectivity index is 3.06. The molecule has 1 rings (SSSR count). The van der Waals surface area contributed by atoms with E-state index in [0.717, 1.165) is 6.20 Å². The van der Waals surface area contributed by atoms with Crippen LogP contribution in [-0.2, 0) is 11.8 Å². The standard InChI is InChI=1S/C9H7BrF2N2/c10-4-6-3-7(1-2-13)14-5-8(6)9(11)12/h3,5,9H,1,4H2. The van der Waals surface area contributed by atoms with Gasteiger partial charge in [-0.1, -0.05) is 15.9 Å². The number of hydrogen-bond donors (Lipinski definition) is 0. The van der Waals surface area contributed by atoms with Crippen LogP contribution < -0.4 is 0 Å². The van der Waals surface area contributed by atoms with Crippen molar-refractivity contribution in [1.29, 1.82) is 5.26 Å². The summed E-state index contributed by atoms with van der Waals surface area (Å²) in [5.41, 5.74) is 0.926. The molecular formula is C9H7BrF2N2. The Bertz CT molecular complexity index is 360. The van der Waals surface area contributed by atoms with E-state index in [4.69, 9.17) is 5.26 Å². The molecule has 5 heteroatoms. The molecule has 0 aliphatic carbocycles. The zero-order valence-electron chi connectivity index (χ0n) is 7.17. The van der Waals surface area contributed by atoms with Crippen LogP contribution in [0.4, 0.5) is 8.78 Å². The van der Waals surface area contributed by atoms with E-state index in [9.17, 15) is 8.78 Å². The number of pyridine rings is 1. The zero-order valence-corrected chi connectivity index (χ0v) is 8.76. The minimum Gasteiger partial charge on any atom is -0.260 e. The van der Waals surface area contributed by atoms with Crippen LogP contribution in [0.25, 0.3) is 0 Å². The lowest BCUT2D eigenvalue weighted by Gasteiger charge is -2.06. The van der Waals surface area contributed by atoms with E-state index in [2.05, 4.69) is 20.9 Å². The summed E-state index contributed by atoms with van der Waals surface area (Å²) >= 11 is 3.12. The zero-order chi connectivity index (χ0) is 10.6. The van der Waals surface area contributed by atoms with Crippen LogP contribution in [0.3, 0.4) is 0 Å². The maximum atomic E-state index is 12.4. The van der Waals surface area contributed by atoms with Crippen molar-refractivity contribution in [2.45, 2.75) is 18.2 Å². The molecule has 0 saturated heterocycles. The molecule has 0 radical (unpaired) electrons. The number of nitrogens with zero attached hydrogens (tertiary/aromatic N) is 2. The SMILES string of the molecule is N#CCc1cc(CBr)c(C(F)F)cn1. The predicted octanol–water partition coefficient (Wildman–Crippen LogP) is 2.98. The molecule has 0 atom stereocenters. The second-order valence-electron chi connectivity index (χ2n) is 2.64. The van der Waals surface area contributed by atoms with Crippen molar-refractivity contribution < 1.29 is 8.78 Å². The van der Waals surface area contributed by atoms with E-state index in [1.165, 1.54) is 6.07 Å². The Morgan fingerprint density at radius 1 is 1.57 bits per heavy atom. The predicted molar refractivity (Wildman–Crippen MR) is 51.1 cm³/mol. The minimum absolute atomic E-state index is 0.0800. The van der Waals surface area contributed by atoms with Gasteiger partial charge in [-0.15, -0.1) is 0 Å². The van der Waals surface area contributed by atoms with Gasteiger partial charge in [0.1, 0.15) is 0 Å². The van der Waals surface area contributed by atoms with Crippen LogP contribution >= 0.6 is 15.9 Å². The highest BCUT2D eigenvalue weighted by Gasteiger charge is 2.13. The average molecular weight is 261 g/mol. The number of nitriles is 1. The fourth-order valence-corrected chi connectivity index (χ4v) is 1.53. The van der Waals surface area contributed by atoms with Crippen molar-refractivity contribution in [3.63, 3.8) is 0 Å². The van der Waals surface area contributed by atoms with E-state index in [-0.39, 0.29) is 12.0 Å². The quantitative estimate of drug-likeness (QED) is 0.784. The summed E-state index contributed by atoms with van der Waals surface area (Å²) in [5, 5.41) is 8.75. The first-order valence-electron chi connectivity index (χ1n) is 3.87. The summed E-state index contributed by atoms with van der Waals surface area (Å²) < 4.78 is 24.8. The lowest BCUT2D eigenvalue weighted by molar-refractivity contribution is 0.150. The molecule has 0 unspecified atom stereocenters. The van der Waals surface area contributed by atoms with Gasteiger partial charge in [0.05, 0.1) is 18.2 Å². The Morgan fingerprint density at radius 2 is 2.29 bits per heavy atom. The third kappa shape index (κ3) is 2.48. The van der Waals surface area contributed by atoms with Crippen molar-refractivity contribution in [3.8, 4) is 6.07 Å². The minimum atomic E-state index is -2.52. The Labute approximate surface area is 88.7 Å². The summed E-state index contributed by atoms with van der Waals surface area (Å²) in [4.78, 5) is 3.77. The van der Waals surface area contributed by atoms with Gasteiger partial charge in [0, 0.05) is 17.1 Å². The van der Waals surface area contributed by atoms with E-state index in [1.807, 2.05) is 6.07 Å². The summed E-state index contributed by atoms with van der Waals surface area (Å²) in [5.74, 6) is 0. The first-order chi connectivity index (χ1) is 6.69. The molecule has 0 aliphatic heterocycles. The number of halogens is 3. The molecule has 0 aromatic carbocycles. The molecule has 14 heavy (non-hydrogen) atoms. The molecule has 0 bridgehead atoms. The van der Waals surface area contributed by atoms with E-state index < -0.39 is 6.43 Å². The summed E-state index contributed by atoms with van der Waals surface area (Å²) in [6.07, 6.45) is -1.25. The normalized spacial score (nSPS) is 10.2. The first kappa shape index (κ1) is 11.1. The van der Waals surface area contributed by atoms with Gasteiger partial charge < -0.3 is 0 Å². The number of alkyl halides is 3. The molecule has 1 aromatic rings. The molecule has 1 aromatic heterocycles. The Morgan fingerprint density at radius 3 is 2.79 bits per heavy atom. The fourth-order valence-electron chi connectivity index (χ4n) is 1.05. The van der Waals surface area contributed by atoms with Crippen LogP contribution in [0.2, 0.25) is 0 Å². The molecule has 0 aliphatic rings. The van der Waals surface area contributed by atoms with E-state index >= 15 is 0 Å². The van der Waals surface area contributed by atoms with Gasteiger partial charge in [-0.2, -0.15) is 5.26 Å². The van der Waals surface area contributed by atoms with Crippen molar-refractivity contribution in [2.75, 3.05) is 0 Å². The smallest absolute Gasteiger partial charge is 0.260 e. The highest BCUT2D eigenvalue weighted by atomic mass is 79.9. The maximum Gasteiger partial charge on any atom is 0.265 e. The van der Waals surface area contributed by atoms with Gasteiger partial charge in [0.25, 0.3) is 6.43 Å². The van der Waals surface area contributed by atoms with Gasteiger partial charge in [0.15, 0.2) is 0 Å². The van der Waals surface area contributed by atoms with Gasteiger partial charge in [-0.25, -0.2) is 8.78 Å². The fraction of sp³-hybridized carbons (Fsp3) is 0.333. The summed E-state index contributed by atoms with van der Waals surface area (Å²) in [7, 11) is 0. The average Bonchev–Trinajstić information content (AvgIpc) is 2.17. The van der Waals surface area contributed by atoms with Crippen molar-refractivity contribution in [3.05, 3.63) is 29.1 Å². The van der Waals surface area contributed by atoms with Crippen LogP contribution in [-0.4, -0.2) is 4.98 Å². The largest absolute Gasteiger partial charge is 0.265 e. The number of rotatable bonds is 3. The lowest BCUT2D eigenvalue weighted by atomic mass is 10.1. The summed E-state index contributed by atoms with van der Waals surface area (Å²) in [6, 6.07) is 3.45. The van der Waals surface area contributed by atoms with Crippen LogP contribution in [0.1, 0.15) is 23.2 Å². The van der Waals surface area contributed by atoms with Crippen LogP contribution in [0.5, 0.6) is 0 Å². The topological polar surface area (TPSA) is 36.7 Å². The molecule has 0 spiro atoms. The van der Waals surface area contributed by atoms with Gasteiger partial charge in [0.2, 0.25) is 0 Å². The van der Waals surface area contributed by atoms with Gasteiger partial charge in [-0.05, 0) is 11.6 Å². The molecule has 74 valence electrons. The highest BCUT2D eigenvalue weighted by molar-refractivity contribution is 9.08. The molecule has 0 N–H and O–H groups in total. The van der Waals surface area contributed by atoms with E-state index in [0.29, 0.717) is 16.6 Å². The molecular weight excluding hydrogens is 254 g/mol. The number of hydrogen-bond acceptors (Lipinski definition) is 2. The first-order valence-corrected chi connectivity index (χ1v) is 5.00. The Hall–Kier alpha value is -1.02. The molecule has 1 heterocycles. The van der Waals surface area contributed by atoms with E-state index in [1.54, 1.807) is 0 Å². The van der Waals surface area contributed by atoms with Crippen molar-refractivity contribution in [1.82, 2.24) is 4.98 Å². The monoisotopic (exact) mass is 260 g/mol. The lowest BCUT2D eigenvalue weighted by Crippen LogP contribution is -1.97. The summed E-state index contributed by atoms with van der Waals surface area (Å²) in [6.45, 7) is 0. The van der Waals surface area contributed by atoms with Crippen molar-refractivity contribution >= 4 is 15.9 Å². The maximum absolute atomic E-state index is 12.4. The number of aromatic nitrogens is 1. The molecule has 0 fully saturated rings. The Kier molecular flexibility index (Phi) is 3.96. The highest BCUT2D eigenvalue weighted by Crippen LogP contribution is 2.24. The molecule has 0 saturated carbocycles. The van der Waals surface area contributed by atoms with Crippen LogP contribution in [0.15, 0.2) is 12.3 Å². The second-order valence-corrected chi connectivity index (χ2v) is 3.20. The van der Waals surface area contributed by atoms with Gasteiger partial charge >= 0.3 is 0 Å². The van der Waals surface area contributed by atoms with Crippen LogP contribution in [0, 0.1) is 11.3 Å². The third-order valence-electron chi connectivity index (χ3n) is 1.72. The second kappa shape index (κ2) is 5.01. The van der Waals surface area contributed by atoms with Gasteiger partial charge in [-0.3, -0.25) is 4.98 Å². The third-order valence-corrected chi connectivity index (χ3v) is 2.32. The van der Waals surface area contributed by atoms with Crippen molar-refractivity contribution in [2.24, 2.45) is 0 Å².